The van der Waals surface area contributed by atoms with Crippen molar-refractivity contribution in [1.29, 1.82) is 0 Å². The third kappa shape index (κ3) is 2.31. The summed E-state index contributed by atoms with van der Waals surface area (Å²) in [4.78, 5) is 11.7. The zero-order valence-electron chi connectivity index (χ0n) is 16.3. The van der Waals surface area contributed by atoms with Crippen molar-refractivity contribution in [1.82, 2.24) is 0 Å². The van der Waals surface area contributed by atoms with Gasteiger partial charge in [-0.1, -0.05) is 26.0 Å². The Labute approximate surface area is 157 Å². The number of ether oxygens (including phenoxy) is 1. The van der Waals surface area contributed by atoms with Crippen LogP contribution >= 0.6 is 0 Å². The molecular formula is C23H34O3. The quantitative estimate of drug-likeness (QED) is 0.560. The molecule has 144 valence electrons. The number of cyclic esters (lactones) is 1. The summed E-state index contributed by atoms with van der Waals surface area (Å²) in [5.74, 6) is 4.25. The lowest BCUT2D eigenvalue weighted by atomic mass is 9.45. The van der Waals surface area contributed by atoms with Crippen molar-refractivity contribution in [2.24, 2.45) is 46.3 Å². The second kappa shape index (κ2) is 5.83. The summed E-state index contributed by atoms with van der Waals surface area (Å²) >= 11 is 0. The number of hydrogen-bond donors (Lipinski definition) is 1. The van der Waals surface area contributed by atoms with Gasteiger partial charge in [0.15, 0.2) is 0 Å². The topological polar surface area (TPSA) is 46.5 Å². The van der Waals surface area contributed by atoms with Gasteiger partial charge in [-0.3, -0.25) is 4.79 Å². The van der Waals surface area contributed by atoms with Crippen LogP contribution in [0.2, 0.25) is 0 Å². The van der Waals surface area contributed by atoms with Gasteiger partial charge in [0.2, 0.25) is 0 Å². The summed E-state index contributed by atoms with van der Waals surface area (Å²) in [5, 5.41) is 10.1. The van der Waals surface area contributed by atoms with Crippen LogP contribution in [-0.2, 0) is 9.53 Å². The van der Waals surface area contributed by atoms with Crippen LogP contribution in [0.15, 0.2) is 12.2 Å². The Morgan fingerprint density at radius 1 is 1.08 bits per heavy atom. The highest BCUT2D eigenvalue weighted by Gasteiger charge is 2.60. The standard InChI is InChI=1S/C23H34O3/c1-22-9-7-16(24)12-15(22)3-4-17-19-6-5-18(14-11-21(25)26-13-14)23(19,2)10-8-20(17)22/h7,9,14-20,24H,3-6,8,10-13H2,1-2H3/t14-,15?,16-,17-,18+,19+,20-,22-,23+/m0/s1. The molecule has 3 heteroatoms. The Morgan fingerprint density at radius 3 is 2.65 bits per heavy atom. The minimum atomic E-state index is -0.228. The van der Waals surface area contributed by atoms with E-state index in [-0.39, 0.29) is 17.5 Å². The number of carbonyl (C=O) groups is 1. The lowest BCUT2D eigenvalue weighted by Gasteiger charge is -2.59. The van der Waals surface area contributed by atoms with Crippen LogP contribution in [0.5, 0.6) is 0 Å². The predicted octanol–water partition coefficient (Wildman–Crippen LogP) is 4.35. The van der Waals surface area contributed by atoms with E-state index < -0.39 is 0 Å². The fourth-order valence-corrected chi connectivity index (χ4v) is 8.39. The van der Waals surface area contributed by atoms with E-state index in [9.17, 15) is 9.90 Å². The number of aliphatic hydroxyl groups excluding tert-OH is 1. The second-order valence-electron chi connectivity index (χ2n) is 10.6. The maximum absolute atomic E-state index is 11.7. The molecule has 0 spiro atoms. The number of hydrogen-bond acceptors (Lipinski definition) is 3. The predicted molar refractivity (Wildman–Crippen MR) is 100 cm³/mol. The fraction of sp³-hybridized carbons (Fsp3) is 0.870. The van der Waals surface area contributed by atoms with Crippen molar-refractivity contribution in [2.45, 2.75) is 71.3 Å². The largest absolute Gasteiger partial charge is 0.465 e. The van der Waals surface area contributed by atoms with Crippen LogP contribution in [0.3, 0.4) is 0 Å². The lowest BCUT2D eigenvalue weighted by molar-refractivity contribution is -0.137. The van der Waals surface area contributed by atoms with Crippen molar-refractivity contribution in [2.75, 3.05) is 6.61 Å². The van der Waals surface area contributed by atoms with Crippen LogP contribution in [-0.4, -0.2) is 23.8 Å². The molecule has 1 heterocycles. The molecule has 1 N–H and O–H groups in total. The molecule has 3 saturated carbocycles. The Kier molecular flexibility index (Phi) is 3.88. The third-order valence-electron chi connectivity index (χ3n) is 9.70. The molecule has 4 aliphatic carbocycles. The zero-order valence-corrected chi connectivity index (χ0v) is 16.3. The first-order valence-electron chi connectivity index (χ1n) is 10.9. The van der Waals surface area contributed by atoms with E-state index >= 15 is 0 Å². The molecule has 0 aromatic heterocycles. The molecular weight excluding hydrogens is 324 g/mol. The maximum Gasteiger partial charge on any atom is 0.306 e. The van der Waals surface area contributed by atoms with E-state index in [1.54, 1.807) is 0 Å². The minimum absolute atomic E-state index is 0.0228. The maximum atomic E-state index is 11.7. The second-order valence-corrected chi connectivity index (χ2v) is 10.6. The van der Waals surface area contributed by atoms with E-state index in [2.05, 4.69) is 26.0 Å². The Bertz CT molecular complexity index is 627. The highest BCUT2D eigenvalue weighted by molar-refractivity contribution is 5.71. The number of aliphatic hydroxyl groups is 1. The number of fused-ring (bicyclic) bond motifs is 5. The molecule has 0 amide bonds. The number of esters is 1. The Morgan fingerprint density at radius 2 is 1.88 bits per heavy atom. The molecule has 0 aromatic carbocycles. The molecule has 1 saturated heterocycles. The minimum Gasteiger partial charge on any atom is -0.465 e. The SMILES string of the molecule is C[C@]12CC[C@H]3[C@@H](CCC4C[C@@H](O)C=C[C@@]43C)[C@H]1CC[C@@H]2[C@@H]1COC(=O)C1. The summed E-state index contributed by atoms with van der Waals surface area (Å²) in [6.07, 6.45) is 13.8. The number of rotatable bonds is 1. The fourth-order valence-electron chi connectivity index (χ4n) is 8.39. The van der Waals surface area contributed by atoms with Crippen LogP contribution < -0.4 is 0 Å². The summed E-state index contributed by atoms with van der Waals surface area (Å²) in [6, 6.07) is 0. The monoisotopic (exact) mass is 358 g/mol. The highest BCUT2D eigenvalue weighted by atomic mass is 16.5. The highest BCUT2D eigenvalue weighted by Crippen LogP contribution is 2.67. The van der Waals surface area contributed by atoms with Crippen LogP contribution in [0.4, 0.5) is 0 Å². The summed E-state index contributed by atoms with van der Waals surface area (Å²) in [5.41, 5.74) is 0.689. The smallest absolute Gasteiger partial charge is 0.306 e. The van der Waals surface area contributed by atoms with Crippen molar-refractivity contribution in [3.63, 3.8) is 0 Å². The Balaban J connectivity index is 1.41. The van der Waals surface area contributed by atoms with Gasteiger partial charge >= 0.3 is 5.97 Å². The first-order valence-corrected chi connectivity index (χ1v) is 10.9. The normalized spacial score (nSPS) is 55.8. The van der Waals surface area contributed by atoms with Crippen molar-refractivity contribution in [3.05, 3.63) is 12.2 Å². The molecule has 4 fully saturated rings. The lowest BCUT2D eigenvalue weighted by Crippen LogP contribution is -2.53. The molecule has 0 radical (unpaired) electrons. The average molecular weight is 359 g/mol. The molecule has 1 unspecified atom stereocenters. The number of carbonyl (C=O) groups excluding carboxylic acids is 1. The van der Waals surface area contributed by atoms with E-state index in [1.807, 2.05) is 0 Å². The molecule has 1 aliphatic heterocycles. The summed E-state index contributed by atoms with van der Waals surface area (Å²) < 4.78 is 5.33. The summed E-state index contributed by atoms with van der Waals surface area (Å²) in [6.45, 7) is 5.69. The number of allylic oxidation sites excluding steroid dienone is 1. The molecule has 26 heavy (non-hydrogen) atoms. The van der Waals surface area contributed by atoms with E-state index in [4.69, 9.17) is 4.74 Å². The van der Waals surface area contributed by atoms with Crippen molar-refractivity contribution in [3.8, 4) is 0 Å². The van der Waals surface area contributed by atoms with Crippen LogP contribution in [0, 0.1) is 46.3 Å². The van der Waals surface area contributed by atoms with E-state index in [1.165, 1.54) is 38.5 Å². The summed E-state index contributed by atoms with van der Waals surface area (Å²) in [7, 11) is 0. The first kappa shape index (κ1) is 17.3. The van der Waals surface area contributed by atoms with Crippen molar-refractivity contribution >= 4 is 5.97 Å². The molecule has 9 atom stereocenters. The van der Waals surface area contributed by atoms with Gasteiger partial charge in [-0.15, -0.1) is 0 Å². The third-order valence-corrected chi connectivity index (χ3v) is 9.70. The van der Waals surface area contributed by atoms with Crippen molar-refractivity contribution < 1.29 is 14.6 Å². The first-order chi connectivity index (χ1) is 12.4. The van der Waals surface area contributed by atoms with Gasteiger partial charge in [-0.25, -0.2) is 0 Å². The average Bonchev–Trinajstić information content (AvgIpc) is 3.18. The molecule has 3 nitrogen and oxygen atoms in total. The van der Waals surface area contributed by atoms with Gasteiger partial charge in [-0.05, 0) is 85.4 Å². The molecule has 0 aromatic rings. The van der Waals surface area contributed by atoms with Crippen LogP contribution in [0.1, 0.15) is 65.2 Å². The van der Waals surface area contributed by atoms with Gasteiger partial charge in [0.05, 0.1) is 19.1 Å². The molecule has 5 aliphatic rings. The van der Waals surface area contributed by atoms with Gasteiger partial charge in [0.1, 0.15) is 0 Å². The molecule has 5 rings (SSSR count). The van der Waals surface area contributed by atoms with E-state index in [0.29, 0.717) is 36.2 Å². The zero-order chi connectivity index (χ0) is 18.1. The molecule has 0 bridgehead atoms. The van der Waals surface area contributed by atoms with Gasteiger partial charge in [-0.2, -0.15) is 0 Å². The van der Waals surface area contributed by atoms with Gasteiger partial charge < -0.3 is 9.84 Å². The Hall–Kier alpha value is -0.830. The van der Waals surface area contributed by atoms with Gasteiger partial charge in [0.25, 0.3) is 0 Å². The van der Waals surface area contributed by atoms with E-state index in [0.717, 1.165) is 24.2 Å². The van der Waals surface area contributed by atoms with Gasteiger partial charge in [0, 0.05) is 5.92 Å². The van der Waals surface area contributed by atoms with Crippen LogP contribution in [0.25, 0.3) is 0 Å².